The summed E-state index contributed by atoms with van der Waals surface area (Å²) in [6.45, 7) is 1.98. The second-order valence-electron chi connectivity index (χ2n) is 9.48. The van der Waals surface area contributed by atoms with Crippen LogP contribution in [0, 0.1) is 23.5 Å². The summed E-state index contributed by atoms with van der Waals surface area (Å²) in [5.41, 5.74) is 1.54. The van der Waals surface area contributed by atoms with Gasteiger partial charge >= 0.3 is 5.97 Å². The average Bonchev–Trinajstić information content (AvgIpc) is 2.88. The summed E-state index contributed by atoms with van der Waals surface area (Å²) in [4.78, 5) is 19.1. The van der Waals surface area contributed by atoms with Gasteiger partial charge in [0.15, 0.2) is 0 Å². The molecule has 0 amide bonds. The lowest BCUT2D eigenvalue weighted by Crippen LogP contribution is -2.44. The number of halogens is 2. The number of carbonyl (C=O) groups is 1. The van der Waals surface area contributed by atoms with Gasteiger partial charge in [0.05, 0.1) is 24.6 Å². The number of likely N-dealkylation sites (tertiary alicyclic amines) is 1. The Morgan fingerprint density at radius 3 is 2.73 bits per heavy atom. The van der Waals surface area contributed by atoms with Gasteiger partial charge in [-0.2, -0.15) is 0 Å². The Hall–Kier alpha value is -2.75. The van der Waals surface area contributed by atoms with Crippen molar-refractivity contribution in [2.45, 2.75) is 36.7 Å². The zero-order valence-electron chi connectivity index (χ0n) is 20.8. The minimum atomic E-state index is -0.812. The van der Waals surface area contributed by atoms with Crippen LogP contribution in [0.2, 0.25) is 0 Å². The van der Waals surface area contributed by atoms with E-state index in [9.17, 15) is 23.8 Å². The maximum Gasteiger partial charge on any atom is 0.308 e. The molecule has 3 atom stereocenters. The highest BCUT2D eigenvalue weighted by atomic mass is 32.2. The number of thioether (sulfide) groups is 1. The average molecular weight is 531 g/mol. The molecule has 1 aromatic heterocycles. The highest BCUT2D eigenvalue weighted by Crippen LogP contribution is 2.34. The number of carboxylic acids is 1. The molecule has 1 saturated heterocycles. The van der Waals surface area contributed by atoms with E-state index in [2.05, 4.69) is 9.88 Å². The molecule has 37 heavy (non-hydrogen) atoms. The Bertz CT molecular complexity index is 1210. The molecule has 1 aliphatic rings. The van der Waals surface area contributed by atoms with Gasteiger partial charge in [0.1, 0.15) is 17.4 Å². The number of nitrogens with zero attached hydrogens (tertiary/aromatic N) is 2. The number of hydrogen-bond donors (Lipinski definition) is 2. The minimum absolute atomic E-state index is 0.0179. The predicted molar refractivity (Wildman–Crippen MR) is 140 cm³/mol. The maximum absolute atomic E-state index is 13.4. The number of piperidine rings is 1. The molecule has 0 radical (unpaired) electrons. The van der Waals surface area contributed by atoms with Crippen LogP contribution >= 0.6 is 11.8 Å². The molecule has 2 N–H and O–H groups in total. The van der Waals surface area contributed by atoms with Crippen molar-refractivity contribution >= 4 is 28.6 Å². The number of fused-ring (bicyclic) bond motifs is 1. The van der Waals surface area contributed by atoms with Crippen LogP contribution in [0.15, 0.2) is 53.6 Å². The SMILES string of the molecule is COc1ccc2nccc(C(O)CC[C@@H]3CCN(CCCSc4cc(F)cc(F)c4)C[C@@H]3C(=O)O)c2c1. The standard InChI is InChI=1S/C28H32F2N2O4S/c1-36-21-4-5-26-24(16-21)23(7-9-31-26)27(33)6-3-18-8-11-32(17-25(18)28(34)35)10-2-12-37-22-14-19(29)13-20(30)15-22/h4-5,7,9,13-16,18,25,27,33H,2-3,6,8,10-12,17H2,1H3,(H,34,35)/t18-,25+,27?/m1/s1. The van der Waals surface area contributed by atoms with E-state index in [1.54, 1.807) is 19.4 Å². The van der Waals surface area contributed by atoms with Crippen molar-refractivity contribution in [2.24, 2.45) is 11.8 Å². The van der Waals surface area contributed by atoms with E-state index in [4.69, 9.17) is 4.74 Å². The number of hydrogen-bond acceptors (Lipinski definition) is 6. The Balaban J connectivity index is 1.29. The maximum atomic E-state index is 13.4. The third-order valence-electron chi connectivity index (χ3n) is 7.03. The van der Waals surface area contributed by atoms with Gasteiger partial charge in [-0.25, -0.2) is 8.78 Å². The molecule has 1 aliphatic heterocycles. The zero-order valence-corrected chi connectivity index (χ0v) is 21.6. The first-order valence-electron chi connectivity index (χ1n) is 12.5. The quantitative estimate of drug-likeness (QED) is 0.249. The molecule has 2 aromatic carbocycles. The first-order valence-corrected chi connectivity index (χ1v) is 13.5. The Kier molecular flexibility index (Phi) is 9.34. The van der Waals surface area contributed by atoms with Crippen LogP contribution in [-0.4, -0.2) is 58.6 Å². The lowest BCUT2D eigenvalue weighted by atomic mass is 9.81. The van der Waals surface area contributed by atoms with Crippen LogP contribution in [0.1, 0.15) is 37.4 Å². The Morgan fingerprint density at radius 1 is 1.22 bits per heavy atom. The van der Waals surface area contributed by atoms with Crippen molar-refractivity contribution in [1.29, 1.82) is 0 Å². The highest BCUT2D eigenvalue weighted by molar-refractivity contribution is 7.99. The molecule has 4 rings (SSSR count). The van der Waals surface area contributed by atoms with E-state index >= 15 is 0 Å². The first kappa shape index (κ1) is 27.3. The van der Waals surface area contributed by atoms with Gasteiger partial charge in [-0.1, -0.05) is 0 Å². The molecule has 0 bridgehead atoms. The molecule has 0 aliphatic carbocycles. The molecule has 1 fully saturated rings. The van der Waals surface area contributed by atoms with E-state index < -0.39 is 29.6 Å². The van der Waals surface area contributed by atoms with Crippen LogP contribution in [0.4, 0.5) is 8.78 Å². The van der Waals surface area contributed by atoms with Crippen molar-refractivity contribution in [2.75, 3.05) is 32.5 Å². The first-order chi connectivity index (χ1) is 17.8. The fraction of sp³-hybridized carbons (Fsp3) is 0.429. The van der Waals surface area contributed by atoms with Gasteiger partial charge in [0, 0.05) is 29.1 Å². The van der Waals surface area contributed by atoms with Crippen molar-refractivity contribution in [1.82, 2.24) is 9.88 Å². The lowest BCUT2D eigenvalue weighted by molar-refractivity contribution is -0.146. The number of aliphatic carboxylic acids is 1. The largest absolute Gasteiger partial charge is 0.497 e. The fourth-order valence-corrected chi connectivity index (χ4v) is 5.98. The number of rotatable bonds is 11. The van der Waals surface area contributed by atoms with Crippen molar-refractivity contribution < 1.29 is 28.5 Å². The summed E-state index contributed by atoms with van der Waals surface area (Å²) < 4.78 is 32.0. The third kappa shape index (κ3) is 7.18. The molecule has 198 valence electrons. The number of aromatic nitrogens is 1. The second-order valence-corrected chi connectivity index (χ2v) is 10.6. The number of methoxy groups -OCH3 is 1. The van der Waals surface area contributed by atoms with Crippen LogP contribution in [0.5, 0.6) is 5.75 Å². The van der Waals surface area contributed by atoms with Crippen LogP contribution < -0.4 is 4.74 Å². The highest BCUT2D eigenvalue weighted by Gasteiger charge is 2.34. The third-order valence-corrected chi connectivity index (χ3v) is 8.09. The summed E-state index contributed by atoms with van der Waals surface area (Å²) in [6.07, 6.45) is 3.56. The molecule has 6 nitrogen and oxygen atoms in total. The molecule has 1 unspecified atom stereocenters. The van der Waals surface area contributed by atoms with Crippen molar-refractivity contribution in [3.8, 4) is 5.75 Å². The normalized spacial score (nSPS) is 19.1. The van der Waals surface area contributed by atoms with E-state index in [0.29, 0.717) is 35.8 Å². The van der Waals surface area contributed by atoms with Crippen LogP contribution in [0.3, 0.4) is 0 Å². The number of aliphatic hydroxyl groups is 1. The van der Waals surface area contributed by atoms with Gasteiger partial charge in [-0.05, 0) is 92.4 Å². The van der Waals surface area contributed by atoms with Gasteiger partial charge in [-0.3, -0.25) is 9.78 Å². The predicted octanol–water partition coefficient (Wildman–Crippen LogP) is 5.54. The molecular formula is C28H32F2N2O4S. The monoisotopic (exact) mass is 530 g/mol. The summed E-state index contributed by atoms with van der Waals surface area (Å²) >= 11 is 1.39. The number of ether oxygens (including phenoxy) is 1. The molecule has 3 aromatic rings. The zero-order chi connectivity index (χ0) is 26.4. The fourth-order valence-electron chi connectivity index (χ4n) is 5.08. The Labute approximate surface area is 219 Å². The van der Waals surface area contributed by atoms with E-state index in [0.717, 1.165) is 48.5 Å². The van der Waals surface area contributed by atoms with E-state index in [-0.39, 0.29) is 5.92 Å². The molecule has 0 spiro atoms. The molecule has 9 heteroatoms. The summed E-state index contributed by atoms with van der Waals surface area (Å²) in [6, 6.07) is 10.9. The van der Waals surface area contributed by atoms with Crippen molar-refractivity contribution in [3.63, 3.8) is 0 Å². The smallest absolute Gasteiger partial charge is 0.308 e. The summed E-state index contributed by atoms with van der Waals surface area (Å²) in [7, 11) is 1.59. The van der Waals surface area contributed by atoms with Crippen LogP contribution in [0.25, 0.3) is 10.9 Å². The van der Waals surface area contributed by atoms with E-state index in [1.807, 2.05) is 18.2 Å². The number of aliphatic hydroxyl groups excluding tert-OH is 1. The second kappa shape index (κ2) is 12.7. The Morgan fingerprint density at radius 2 is 2.00 bits per heavy atom. The summed E-state index contributed by atoms with van der Waals surface area (Å²) in [5, 5.41) is 21.7. The molecular weight excluding hydrogens is 498 g/mol. The van der Waals surface area contributed by atoms with Gasteiger partial charge in [0.2, 0.25) is 0 Å². The molecule has 0 saturated carbocycles. The molecule has 2 heterocycles. The van der Waals surface area contributed by atoms with Gasteiger partial charge in [0.25, 0.3) is 0 Å². The number of pyridine rings is 1. The van der Waals surface area contributed by atoms with E-state index in [1.165, 1.54) is 23.9 Å². The topological polar surface area (TPSA) is 82.9 Å². The van der Waals surface area contributed by atoms with Crippen LogP contribution in [-0.2, 0) is 4.79 Å². The van der Waals surface area contributed by atoms with Gasteiger partial charge < -0.3 is 19.8 Å². The number of benzene rings is 2. The minimum Gasteiger partial charge on any atom is -0.497 e. The lowest BCUT2D eigenvalue weighted by Gasteiger charge is -2.37. The van der Waals surface area contributed by atoms with Gasteiger partial charge in [-0.15, -0.1) is 11.8 Å². The van der Waals surface area contributed by atoms with Crippen molar-refractivity contribution in [3.05, 3.63) is 65.9 Å². The number of carboxylic acid groups (broad SMARTS) is 1. The summed E-state index contributed by atoms with van der Waals surface area (Å²) in [5.74, 6) is -1.12.